The second-order valence-electron chi connectivity index (χ2n) is 7.02. The summed E-state index contributed by atoms with van der Waals surface area (Å²) in [4.78, 5) is 14.3. The molecule has 2 aromatic carbocycles. The van der Waals surface area contributed by atoms with Gasteiger partial charge in [0.05, 0.1) is 0 Å². The Morgan fingerprint density at radius 2 is 1.88 bits per heavy atom. The highest BCUT2D eigenvalue weighted by molar-refractivity contribution is 5.75. The van der Waals surface area contributed by atoms with Gasteiger partial charge in [0.2, 0.25) is 5.91 Å². The van der Waals surface area contributed by atoms with Gasteiger partial charge in [-0.1, -0.05) is 49.4 Å². The van der Waals surface area contributed by atoms with Crippen molar-refractivity contribution in [2.45, 2.75) is 44.7 Å². The summed E-state index contributed by atoms with van der Waals surface area (Å²) in [5.74, 6) is 0.411. The van der Waals surface area contributed by atoms with Gasteiger partial charge in [-0.15, -0.1) is 0 Å². The summed E-state index contributed by atoms with van der Waals surface area (Å²) >= 11 is 0. The number of nitrogens with zero attached hydrogens (tertiary/aromatic N) is 1. The average Bonchev–Trinajstić information content (AvgIpc) is 2.68. The fraction of sp³-hybridized carbons (Fsp3) is 0.409. The number of piperidine rings is 1. The molecule has 1 fully saturated rings. The van der Waals surface area contributed by atoms with Crippen LogP contribution in [0.3, 0.4) is 0 Å². The van der Waals surface area contributed by atoms with E-state index in [1.807, 2.05) is 25.1 Å². The number of phenolic OH excluding ortho intramolecular Hbond substituents is 1. The second-order valence-corrected chi connectivity index (χ2v) is 7.02. The molecule has 2 unspecified atom stereocenters. The van der Waals surface area contributed by atoms with E-state index in [-0.39, 0.29) is 23.7 Å². The van der Waals surface area contributed by atoms with Crippen molar-refractivity contribution >= 4 is 5.91 Å². The van der Waals surface area contributed by atoms with Crippen molar-refractivity contribution < 1.29 is 9.90 Å². The van der Waals surface area contributed by atoms with E-state index in [1.54, 1.807) is 12.1 Å². The van der Waals surface area contributed by atoms with Gasteiger partial charge >= 0.3 is 0 Å². The molecule has 0 aliphatic carbocycles. The number of phenols is 1. The van der Waals surface area contributed by atoms with Crippen LogP contribution in [0.5, 0.6) is 5.75 Å². The van der Waals surface area contributed by atoms with Crippen LogP contribution in [0.1, 0.15) is 43.4 Å². The van der Waals surface area contributed by atoms with Crippen molar-refractivity contribution in [1.29, 1.82) is 0 Å². The number of aromatic hydroxyl groups is 1. The topological polar surface area (TPSA) is 52.6 Å². The Morgan fingerprint density at radius 1 is 1.15 bits per heavy atom. The van der Waals surface area contributed by atoms with Crippen molar-refractivity contribution in [2.75, 3.05) is 13.1 Å². The molecule has 0 spiro atoms. The van der Waals surface area contributed by atoms with Crippen LogP contribution in [0.25, 0.3) is 0 Å². The minimum Gasteiger partial charge on any atom is -0.508 e. The Labute approximate surface area is 155 Å². The quantitative estimate of drug-likeness (QED) is 0.834. The van der Waals surface area contributed by atoms with Crippen LogP contribution in [0.15, 0.2) is 54.6 Å². The van der Waals surface area contributed by atoms with E-state index < -0.39 is 0 Å². The molecule has 0 bridgehead atoms. The molecule has 1 aliphatic heterocycles. The first-order chi connectivity index (χ1) is 12.7. The lowest BCUT2D eigenvalue weighted by Crippen LogP contribution is -2.46. The van der Waals surface area contributed by atoms with E-state index in [1.165, 1.54) is 11.1 Å². The van der Waals surface area contributed by atoms with Gasteiger partial charge < -0.3 is 10.4 Å². The summed E-state index contributed by atoms with van der Waals surface area (Å²) < 4.78 is 0. The van der Waals surface area contributed by atoms with E-state index in [0.29, 0.717) is 6.42 Å². The van der Waals surface area contributed by atoms with E-state index in [9.17, 15) is 9.90 Å². The number of carbonyl (C=O) groups is 1. The number of hydrogen-bond donors (Lipinski definition) is 2. The van der Waals surface area contributed by atoms with Gasteiger partial charge in [-0.25, -0.2) is 0 Å². The van der Waals surface area contributed by atoms with Gasteiger partial charge in [0.1, 0.15) is 5.75 Å². The smallest absolute Gasteiger partial charge is 0.219 e. The number of rotatable bonds is 6. The highest BCUT2D eigenvalue weighted by Gasteiger charge is 2.30. The predicted molar refractivity (Wildman–Crippen MR) is 104 cm³/mol. The first-order valence-corrected chi connectivity index (χ1v) is 9.52. The zero-order valence-electron chi connectivity index (χ0n) is 15.4. The summed E-state index contributed by atoms with van der Waals surface area (Å²) in [7, 11) is 0. The molecule has 26 heavy (non-hydrogen) atoms. The molecule has 3 rings (SSSR count). The van der Waals surface area contributed by atoms with E-state index >= 15 is 0 Å². The number of hydrogen-bond acceptors (Lipinski definition) is 3. The number of amides is 1. The predicted octanol–water partition coefficient (Wildman–Crippen LogP) is 3.67. The van der Waals surface area contributed by atoms with Crippen LogP contribution in [-0.2, 0) is 11.2 Å². The molecule has 2 aromatic rings. The Hall–Kier alpha value is -2.33. The number of benzene rings is 2. The van der Waals surface area contributed by atoms with Crippen molar-refractivity contribution in [2.24, 2.45) is 0 Å². The normalized spacial score (nSPS) is 20.7. The molecule has 1 amide bonds. The van der Waals surface area contributed by atoms with Crippen LogP contribution in [0.2, 0.25) is 0 Å². The van der Waals surface area contributed by atoms with Gasteiger partial charge in [-0.2, -0.15) is 0 Å². The zero-order valence-corrected chi connectivity index (χ0v) is 15.4. The van der Waals surface area contributed by atoms with Crippen LogP contribution < -0.4 is 5.32 Å². The van der Waals surface area contributed by atoms with Gasteiger partial charge in [0.15, 0.2) is 0 Å². The Bertz CT molecular complexity index is 700. The summed E-state index contributed by atoms with van der Waals surface area (Å²) in [6.45, 7) is 3.85. The Morgan fingerprint density at radius 3 is 2.58 bits per heavy atom. The summed E-state index contributed by atoms with van der Waals surface area (Å²) in [6.07, 6.45) is 3.43. The third kappa shape index (κ3) is 4.85. The summed E-state index contributed by atoms with van der Waals surface area (Å²) in [5, 5.41) is 12.8. The number of nitrogens with one attached hydrogen (secondary N) is 1. The third-order valence-electron chi connectivity index (χ3n) is 5.21. The first-order valence-electron chi connectivity index (χ1n) is 9.52. The molecule has 1 saturated heterocycles. The number of carbonyl (C=O) groups excluding carboxylic acids is 1. The minimum absolute atomic E-state index is 0.122. The number of likely N-dealkylation sites (tertiary alicyclic amines) is 1. The fourth-order valence-electron chi connectivity index (χ4n) is 3.70. The lowest BCUT2D eigenvalue weighted by Gasteiger charge is -2.40. The van der Waals surface area contributed by atoms with Crippen LogP contribution in [0.4, 0.5) is 0 Å². The second kappa shape index (κ2) is 8.86. The first kappa shape index (κ1) is 18.5. The molecule has 4 nitrogen and oxygen atoms in total. The molecule has 0 aromatic heterocycles. The molecule has 1 aliphatic rings. The lowest BCUT2D eigenvalue weighted by atomic mass is 9.91. The monoisotopic (exact) mass is 352 g/mol. The molecule has 2 atom stereocenters. The molecule has 0 saturated carbocycles. The van der Waals surface area contributed by atoms with Crippen molar-refractivity contribution in [1.82, 2.24) is 10.2 Å². The highest BCUT2D eigenvalue weighted by atomic mass is 16.3. The maximum atomic E-state index is 11.8. The van der Waals surface area contributed by atoms with Crippen LogP contribution in [-0.4, -0.2) is 35.0 Å². The molecule has 4 heteroatoms. The molecular formula is C22H28N2O2. The van der Waals surface area contributed by atoms with Gasteiger partial charge in [-0.05, 0) is 42.5 Å². The zero-order chi connectivity index (χ0) is 18.4. The third-order valence-corrected chi connectivity index (χ3v) is 5.21. The van der Waals surface area contributed by atoms with Crippen LogP contribution >= 0.6 is 0 Å². The Kier molecular flexibility index (Phi) is 6.29. The molecule has 0 radical (unpaired) electrons. The maximum absolute atomic E-state index is 11.8. The van der Waals surface area contributed by atoms with E-state index in [0.717, 1.165) is 32.4 Å². The van der Waals surface area contributed by atoms with E-state index in [2.05, 4.69) is 34.5 Å². The van der Waals surface area contributed by atoms with E-state index in [4.69, 9.17) is 0 Å². The largest absolute Gasteiger partial charge is 0.508 e. The van der Waals surface area contributed by atoms with Gasteiger partial charge in [0.25, 0.3) is 0 Å². The summed E-state index contributed by atoms with van der Waals surface area (Å²) in [6, 6.07) is 18.5. The molecular weight excluding hydrogens is 324 g/mol. The van der Waals surface area contributed by atoms with Gasteiger partial charge in [-0.3, -0.25) is 9.69 Å². The fourth-order valence-corrected chi connectivity index (χ4v) is 3.70. The van der Waals surface area contributed by atoms with Crippen molar-refractivity contribution in [3.05, 3.63) is 65.7 Å². The Balaban J connectivity index is 1.71. The standard InChI is InChI=1S/C22H28N2O2/c1-2-22(26)23-19-13-15-24(14-12-17-6-4-3-5-7-17)21(16-19)18-8-10-20(25)11-9-18/h3-11,19,21,25H,2,12-16H2,1H3,(H,23,26). The van der Waals surface area contributed by atoms with Gasteiger partial charge in [0, 0.05) is 31.6 Å². The average molecular weight is 352 g/mol. The molecule has 138 valence electrons. The molecule has 2 N–H and O–H groups in total. The van der Waals surface area contributed by atoms with Crippen molar-refractivity contribution in [3.63, 3.8) is 0 Å². The maximum Gasteiger partial charge on any atom is 0.219 e. The SMILES string of the molecule is CCC(=O)NC1CCN(CCc2ccccc2)C(c2ccc(O)cc2)C1. The minimum atomic E-state index is 0.122. The van der Waals surface area contributed by atoms with Crippen LogP contribution in [0, 0.1) is 0 Å². The molecule has 1 heterocycles. The van der Waals surface area contributed by atoms with Crippen molar-refractivity contribution in [3.8, 4) is 5.75 Å². The summed E-state index contributed by atoms with van der Waals surface area (Å²) in [5.41, 5.74) is 2.55. The highest BCUT2D eigenvalue weighted by Crippen LogP contribution is 2.32. The lowest BCUT2D eigenvalue weighted by molar-refractivity contribution is -0.121.